The number of aromatic nitrogens is 1. The van der Waals surface area contributed by atoms with Crippen LogP contribution in [0.3, 0.4) is 0 Å². The van der Waals surface area contributed by atoms with Gasteiger partial charge in [0.1, 0.15) is 0 Å². The Labute approximate surface area is 98.4 Å². The normalized spacial score (nSPS) is 14.7. The lowest BCUT2D eigenvalue weighted by molar-refractivity contribution is 0.0694. The number of carboxylic acid groups (broad SMARTS) is 1. The van der Waals surface area contributed by atoms with Gasteiger partial charge in [-0.2, -0.15) is 11.8 Å². The molecule has 0 saturated carbocycles. The summed E-state index contributed by atoms with van der Waals surface area (Å²) >= 11 is 4.74. The van der Waals surface area contributed by atoms with Crippen LogP contribution in [0.15, 0.2) is 15.3 Å². The topological polar surface area (TPSA) is 59.3 Å². The highest BCUT2D eigenvalue weighted by molar-refractivity contribution is 9.10. The smallest absolute Gasteiger partial charge is 0.337 e. The summed E-state index contributed by atoms with van der Waals surface area (Å²) in [5.74, 6) is 0.453. The van der Waals surface area contributed by atoms with Crippen LogP contribution in [0.1, 0.15) is 16.1 Å². The summed E-state index contributed by atoms with van der Waals surface area (Å²) in [6.45, 7) is 0.582. The van der Waals surface area contributed by atoms with E-state index in [1.165, 1.54) is 6.07 Å². The van der Waals surface area contributed by atoms with Crippen LogP contribution in [0.5, 0.6) is 0 Å². The van der Waals surface area contributed by atoms with Crippen LogP contribution in [0.25, 0.3) is 0 Å². The molecule has 0 unspecified atom stereocenters. The van der Waals surface area contributed by atoms with E-state index in [-0.39, 0.29) is 11.1 Å². The Morgan fingerprint density at radius 3 is 3.00 bits per heavy atom. The number of carbonyl (C=O) groups is 1. The van der Waals surface area contributed by atoms with E-state index < -0.39 is 5.97 Å². The molecule has 1 aromatic heterocycles. The molecule has 0 atom stereocenters. The Hall–Kier alpha value is -0.750. The van der Waals surface area contributed by atoms with Crippen molar-refractivity contribution >= 4 is 33.7 Å². The van der Waals surface area contributed by atoms with E-state index in [2.05, 4.69) is 15.9 Å². The van der Waals surface area contributed by atoms with Crippen molar-refractivity contribution in [1.29, 1.82) is 0 Å². The molecule has 0 saturated heterocycles. The largest absolute Gasteiger partial charge is 0.478 e. The Balaban J connectivity index is 2.73. The van der Waals surface area contributed by atoms with Crippen LogP contribution >= 0.6 is 27.7 Å². The highest BCUT2D eigenvalue weighted by Crippen LogP contribution is 2.22. The van der Waals surface area contributed by atoms with Crippen molar-refractivity contribution in [3.05, 3.63) is 32.2 Å². The van der Waals surface area contributed by atoms with Gasteiger partial charge in [0.2, 0.25) is 0 Å². The van der Waals surface area contributed by atoms with E-state index in [4.69, 9.17) is 5.11 Å². The summed E-state index contributed by atoms with van der Waals surface area (Å²) in [6, 6.07) is 1.39. The predicted molar refractivity (Wildman–Crippen MR) is 61.5 cm³/mol. The summed E-state index contributed by atoms with van der Waals surface area (Å²) in [4.78, 5) is 22.7. The number of rotatable bonds is 1. The van der Waals surface area contributed by atoms with Gasteiger partial charge in [-0.3, -0.25) is 4.79 Å². The van der Waals surface area contributed by atoms with Crippen molar-refractivity contribution in [2.24, 2.45) is 0 Å². The third-order valence-electron chi connectivity index (χ3n) is 2.29. The predicted octanol–water partition coefficient (Wildman–Crippen LogP) is 1.56. The maximum Gasteiger partial charge on any atom is 0.337 e. The molecular formula is C9H8BrNO3S. The molecule has 0 amide bonds. The number of halogens is 1. The summed E-state index contributed by atoms with van der Waals surface area (Å²) in [5.41, 5.74) is 0.691. The van der Waals surface area contributed by atoms with Gasteiger partial charge >= 0.3 is 5.97 Å². The average Bonchev–Trinajstić information content (AvgIpc) is 2.23. The number of hydrogen-bond acceptors (Lipinski definition) is 3. The van der Waals surface area contributed by atoms with Gasteiger partial charge in [0.15, 0.2) is 0 Å². The van der Waals surface area contributed by atoms with E-state index in [0.29, 0.717) is 22.5 Å². The second-order valence-electron chi connectivity index (χ2n) is 3.17. The van der Waals surface area contributed by atoms with Crippen LogP contribution < -0.4 is 5.56 Å². The third-order valence-corrected chi connectivity index (χ3v) is 3.80. The quantitative estimate of drug-likeness (QED) is 0.852. The lowest BCUT2D eigenvalue weighted by Crippen LogP contribution is -2.30. The molecule has 2 heterocycles. The molecule has 0 aliphatic carbocycles. The molecule has 0 bridgehead atoms. The first-order chi connectivity index (χ1) is 7.11. The van der Waals surface area contributed by atoms with Gasteiger partial charge in [-0.1, -0.05) is 0 Å². The lowest BCUT2D eigenvalue weighted by Gasteiger charge is -2.19. The van der Waals surface area contributed by atoms with Crippen molar-refractivity contribution in [2.45, 2.75) is 12.3 Å². The average molecular weight is 290 g/mol. The summed E-state index contributed by atoms with van der Waals surface area (Å²) in [6.07, 6.45) is 0. The first kappa shape index (κ1) is 10.8. The zero-order valence-electron chi connectivity index (χ0n) is 7.70. The fraction of sp³-hybridized carbons (Fsp3) is 0.333. The first-order valence-electron chi connectivity index (χ1n) is 4.34. The monoisotopic (exact) mass is 289 g/mol. The molecular weight excluding hydrogens is 282 g/mol. The van der Waals surface area contributed by atoms with Gasteiger partial charge in [0.05, 0.1) is 10.0 Å². The lowest BCUT2D eigenvalue weighted by atomic mass is 10.2. The van der Waals surface area contributed by atoms with E-state index in [1.54, 1.807) is 16.3 Å². The van der Waals surface area contributed by atoms with E-state index in [1.807, 2.05) is 0 Å². The van der Waals surface area contributed by atoms with Gasteiger partial charge in [0, 0.05) is 23.7 Å². The SMILES string of the molecule is O=C(O)c1cc(Br)c(=O)n2c1CSCC2. The molecule has 1 aromatic rings. The zero-order valence-corrected chi connectivity index (χ0v) is 10.1. The van der Waals surface area contributed by atoms with Crippen LogP contribution in [0.2, 0.25) is 0 Å². The van der Waals surface area contributed by atoms with Crippen molar-refractivity contribution in [3.8, 4) is 0 Å². The van der Waals surface area contributed by atoms with E-state index in [9.17, 15) is 9.59 Å². The minimum Gasteiger partial charge on any atom is -0.478 e. The zero-order chi connectivity index (χ0) is 11.0. The number of carboxylic acids is 1. The molecule has 1 N–H and O–H groups in total. The number of pyridine rings is 1. The third kappa shape index (κ3) is 1.83. The highest BCUT2D eigenvalue weighted by Gasteiger charge is 2.20. The summed E-state index contributed by atoms with van der Waals surface area (Å²) in [7, 11) is 0. The van der Waals surface area contributed by atoms with E-state index >= 15 is 0 Å². The van der Waals surface area contributed by atoms with Crippen LogP contribution in [-0.4, -0.2) is 21.4 Å². The Morgan fingerprint density at radius 1 is 1.60 bits per heavy atom. The second kappa shape index (κ2) is 4.02. The fourth-order valence-corrected chi connectivity index (χ4v) is 2.97. The molecule has 2 rings (SSSR count). The maximum absolute atomic E-state index is 11.7. The Morgan fingerprint density at radius 2 is 2.33 bits per heavy atom. The standard InChI is InChI=1S/C9H8BrNO3S/c10-6-3-5(9(13)14)7-4-15-2-1-11(7)8(6)12/h3H,1-2,4H2,(H,13,14). The van der Waals surface area contributed by atoms with E-state index in [0.717, 1.165) is 5.75 Å². The summed E-state index contributed by atoms with van der Waals surface area (Å²) < 4.78 is 1.86. The highest BCUT2D eigenvalue weighted by atomic mass is 79.9. The van der Waals surface area contributed by atoms with Gasteiger partial charge in [-0.15, -0.1) is 0 Å². The molecule has 0 radical (unpaired) electrons. The van der Waals surface area contributed by atoms with Crippen LogP contribution in [0.4, 0.5) is 0 Å². The molecule has 0 spiro atoms. The maximum atomic E-state index is 11.7. The molecule has 4 nitrogen and oxygen atoms in total. The minimum atomic E-state index is -0.984. The molecule has 6 heteroatoms. The Bertz CT molecular complexity index is 483. The van der Waals surface area contributed by atoms with Crippen LogP contribution in [0, 0.1) is 0 Å². The summed E-state index contributed by atoms with van der Waals surface area (Å²) in [5, 5.41) is 9.01. The molecule has 0 fully saturated rings. The van der Waals surface area contributed by atoms with Crippen molar-refractivity contribution in [2.75, 3.05) is 5.75 Å². The number of nitrogens with zero attached hydrogens (tertiary/aromatic N) is 1. The molecule has 15 heavy (non-hydrogen) atoms. The first-order valence-corrected chi connectivity index (χ1v) is 6.29. The molecule has 80 valence electrons. The molecule has 1 aliphatic rings. The second-order valence-corrected chi connectivity index (χ2v) is 5.13. The number of hydrogen-bond donors (Lipinski definition) is 1. The number of fused-ring (bicyclic) bond motifs is 1. The van der Waals surface area contributed by atoms with Crippen LogP contribution in [-0.2, 0) is 12.3 Å². The Kier molecular flexibility index (Phi) is 2.88. The van der Waals surface area contributed by atoms with Crippen molar-refractivity contribution in [1.82, 2.24) is 4.57 Å². The van der Waals surface area contributed by atoms with Gasteiger partial charge in [-0.25, -0.2) is 4.79 Å². The van der Waals surface area contributed by atoms with Gasteiger partial charge in [0.25, 0.3) is 5.56 Å². The molecule has 0 aromatic carbocycles. The van der Waals surface area contributed by atoms with Crippen molar-refractivity contribution in [3.63, 3.8) is 0 Å². The number of aromatic carboxylic acids is 1. The minimum absolute atomic E-state index is 0.143. The number of thioether (sulfide) groups is 1. The molecule has 1 aliphatic heterocycles. The van der Waals surface area contributed by atoms with Crippen molar-refractivity contribution < 1.29 is 9.90 Å². The fourth-order valence-electron chi connectivity index (χ4n) is 1.57. The van der Waals surface area contributed by atoms with Gasteiger partial charge in [-0.05, 0) is 22.0 Å². The van der Waals surface area contributed by atoms with Gasteiger partial charge < -0.3 is 9.67 Å².